The average molecular weight is 203 g/mol. The van der Waals surface area contributed by atoms with Crippen LogP contribution in [-0.2, 0) is 0 Å². The molecule has 5 heteroatoms. The molecule has 13 heavy (non-hydrogen) atoms. The third kappa shape index (κ3) is 1.89. The van der Waals surface area contributed by atoms with Crippen LogP contribution in [0.3, 0.4) is 0 Å². The molecule has 0 fully saturated rings. The average Bonchev–Trinajstić information content (AvgIpc) is 2.10. The molecule has 1 aromatic carbocycles. The Balaban J connectivity index is 3.23. The van der Waals surface area contributed by atoms with Gasteiger partial charge in [-0.15, -0.1) is 0 Å². The van der Waals surface area contributed by atoms with E-state index in [1.807, 2.05) is 0 Å². The highest BCUT2D eigenvalue weighted by Crippen LogP contribution is 2.21. The topological polar surface area (TPSA) is 55.1 Å². The van der Waals surface area contributed by atoms with Crippen LogP contribution in [0.1, 0.15) is 10.4 Å². The van der Waals surface area contributed by atoms with Gasteiger partial charge < -0.3 is 11.1 Å². The normalized spacial score (nSPS) is 9.77. The van der Waals surface area contributed by atoms with Gasteiger partial charge in [0.05, 0.1) is 16.3 Å². The fraction of sp³-hybridized carbons (Fsp3) is 0.125. The number of nitrogen functional groups attached to an aromatic ring is 1. The number of hydrogen-bond acceptors (Lipinski definition) is 2. The van der Waals surface area contributed by atoms with Crippen molar-refractivity contribution >= 4 is 23.2 Å². The first-order valence-electron chi connectivity index (χ1n) is 3.53. The lowest BCUT2D eigenvalue weighted by Gasteiger charge is -2.04. The summed E-state index contributed by atoms with van der Waals surface area (Å²) in [6.07, 6.45) is 0. The summed E-state index contributed by atoms with van der Waals surface area (Å²) in [5, 5.41) is 2.41. The van der Waals surface area contributed by atoms with E-state index in [4.69, 9.17) is 17.3 Å². The van der Waals surface area contributed by atoms with Crippen molar-refractivity contribution in [3.63, 3.8) is 0 Å². The minimum absolute atomic E-state index is 0.0473. The monoisotopic (exact) mass is 202 g/mol. The quantitative estimate of drug-likeness (QED) is 0.677. The van der Waals surface area contributed by atoms with Gasteiger partial charge in [-0.1, -0.05) is 11.6 Å². The summed E-state index contributed by atoms with van der Waals surface area (Å²) in [5.74, 6) is -1.02. The van der Waals surface area contributed by atoms with E-state index in [9.17, 15) is 9.18 Å². The number of carbonyl (C=O) groups excluding carboxylic acids is 1. The zero-order chi connectivity index (χ0) is 10.0. The number of rotatable bonds is 1. The van der Waals surface area contributed by atoms with Gasteiger partial charge in [0, 0.05) is 7.05 Å². The number of nitrogens with two attached hydrogens (primary N) is 1. The zero-order valence-corrected chi connectivity index (χ0v) is 7.65. The third-order valence-corrected chi connectivity index (χ3v) is 1.87. The first-order chi connectivity index (χ1) is 6.06. The maximum absolute atomic E-state index is 12.8. The lowest BCUT2D eigenvalue weighted by molar-refractivity contribution is 0.0963. The molecule has 0 unspecified atom stereocenters. The number of nitrogens with one attached hydrogen (secondary N) is 1. The van der Waals surface area contributed by atoms with Crippen molar-refractivity contribution in [3.8, 4) is 0 Å². The van der Waals surface area contributed by atoms with Crippen LogP contribution in [0.2, 0.25) is 5.02 Å². The van der Waals surface area contributed by atoms with Gasteiger partial charge in [0.25, 0.3) is 5.91 Å². The Morgan fingerprint density at radius 1 is 1.62 bits per heavy atom. The smallest absolute Gasteiger partial charge is 0.252 e. The zero-order valence-electron chi connectivity index (χ0n) is 6.90. The lowest BCUT2D eigenvalue weighted by atomic mass is 10.2. The molecular weight excluding hydrogens is 195 g/mol. The highest BCUT2D eigenvalue weighted by molar-refractivity contribution is 6.34. The summed E-state index contributed by atoms with van der Waals surface area (Å²) in [6.45, 7) is 0. The summed E-state index contributed by atoms with van der Waals surface area (Å²) in [4.78, 5) is 11.1. The maximum atomic E-state index is 12.8. The number of hydrogen-bond donors (Lipinski definition) is 2. The summed E-state index contributed by atoms with van der Waals surface area (Å²) in [5.41, 5.74) is 5.34. The van der Waals surface area contributed by atoms with Gasteiger partial charge in [-0.05, 0) is 12.1 Å². The molecule has 0 saturated heterocycles. The standard InChI is InChI=1S/C8H8ClFN2O/c1-12-8(13)4-2-7(11)6(10)3-5(4)9/h2-3H,11H2,1H3,(H,12,13). The molecule has 3 N–H and O–H groups in total. The van der Waals surface area contributed by atoms with Crippen LogP contribution >= 0.6 is 11.6 Å². The van der Waals surface area contributed by atoms with Gasteiger partial charge in [0.1, 0.15) is 5.82 Å². The molecular formula is C8H8ClFN2O. The van der Waals surface area contributed by atoms with Crippen LogP contribution < -0.4 is 11.1 Å². The lowest BCUT2D eigenvalue weighted by Crippen LogP contribution is -2.18. The van der Waals surface area contributed by atoms with E-state index in [0.29, 0.717) is 0 Å². The van der Waals surface area contributed by atoms with Crippen molar-refractivity contribution in [2.45, 2.75) is 0 Å². The first kappa shape index (κ1) is 9.80. The van der Waals surface area contributed by atoms with E-state index in [2.05, 4.69) is 5.32 Å². The van der Waals surface area contributed by atoms with Crippen molar-refractivity contribution in [3.05, 3.63) is 28.5 Å². The molecule has 0 spiro atoms. The number of halogens is 2. The Bertz CT molecular complexity index is 354. The van der Waals surface area contributed by atoms with Crippen molar-refractivity contribution in [2.75, 3.05) is 12.8 Å². The SMILES string of the molecule is CNC(=O)c1cc(N)c(F)cc1Cl. The second-order valence-electron chi connectivity index (χ2n) is 2.43. The second-order valence-corrected chi connectivity index (χ2v) is 2.84. The Morgan fingerprint density at radius 3 is 2.77 bits per heavy atom. The molecule has 70 valence electrons. The molecule has 0 aliphatic carbocycles. The molecule has 0 bridgehead atoms. The minimum atomic E-state index is -0.627. The van der Waals surface area contributed by atoms with E-state index < -0.39 is 11.7 Å². The predicted molar refractivity (Wildman–Crippen MR) is 49.2 cm³/mol. The minimum Gasteiger partial charge on any atom is -0.396 e. The molecule has 3 nitrogen and oxygen atoms in total. The van der Waals surface area contributed by atoms with E-state index in [1.165, 1.54) is 13.1 Å². The molecule has 0 saturated carbocycles. The highest BCUT2D eigenvalue weighted by atomic mass is 35.5. The molecule has 0 aliphatic rings. The molecule has 0 atom stereocenters. The Kier molecular flexibility index (Phi) is 2.72. The summed E-state index contributed by atoms with van der Waals surface area (Å²) >= 11 is 5.62. The summed E-state index contributed by atoms with van der Waals surface area (Å²) < 4.78 is 12.8. The van der Waals surface area contributed by atoms with Crippen LogP contribution in [0, 0.1) is 5.82 Å². The van der Waals surface area contributed by atoms with Crippen molar-refractivity contribution in [2.24, 2.45) is 0 Å². The Morgan fingerprint density at radius 2 is 2.23 bits per heavy atom. The fourth-order valence-electron chi connectivity index (χ4n) is 0.874. The van der Waals surface area contributed by atoms with Crippen LogP contribution in [0.15, 0.2) is 12.1 Å². The summed E-state index contributed by atoms with van der Waals surface area (Å²) in [7, 11) is 1.46. The molecule has 0 aliphatic heterocycles. The van der Waals surface area contributed by atoms with Crippen LogP contribution in [0.4, 0.5) is 10.1 Å². The van der Waals surface area contributed by atoms with Gasteiger partial charge in [-0.2, -0.15) is 0 Å². The molecule has 1 amide bonds. The van der Waals surface area contributed by atoms with Gasteiger partial charge in [-0.25, -0.2) is 4.39 Å². The van der Waals surface area contributed by atoms with Gasteiger partial charge in [0.2, 0.25) is 0 Å². The predicted octanol–water partition coefficient (Wildman–Crippen LogP) is 1.42. The van der Waals surface area contributed by atoms with Gasteiger partial charge in [-0.3, -0.25) is 4.79 Å². The summed E-state index contributed by atoms with van der Waals surface area (Å²) in [6, 6.07) is 2.22. The highest BCUT2D eigenvalue weighted by Gasteiger charge is 2.11. The number of benzene rings is 1. The maximum Gasteiger partial charge on any atom is 0.252 e. The number of anilines is 1. The molecule has 0 radical (unpaired) electrons. The van der Waals surface area contributed by atoms with Gasteiger partial charge in [0.15, 0.2) is 0 Å². The van der Waals surface area contributed by atoms with Crippen molar-refractivity contribution in [1.29, 1.82) is 0 Å². The third-order valence-electron chi connectivity index (χ3n) is 1.56. The van der Waals surface area contributed by atoms with Crippen LogP contribution in [0.5, 0.6) is 0 Å². The fourth-order valence-corrected chi connectivity index (χ4v) is 1.11. The molecule has 0 heterocycles. The van der Waals surface area contributed by atoms with Crippen LogP contribution in [0.25, 0.3) is 0 Å². The molecule has 1 rings (SSSR count). The van der Waals surface area contributed by atoms with E-state index in [-0.39, 0.29) is 16.3 Å². The largest absolute Gasteiger partial charge is 0.396 e. The number of amides is 1. The van der Waals surface area contributed by atoms with E-state index >= 15 is 0 Å². The van der Waals surface area contributed by atoms with Gasteiger partial charge >= 0.3 is 0 Å². The van der Waals surface area contributed by atoms with Crippen molar-refractivity contribution in [1.82, 2.24) is 5.32 Å². The second kappa shape index (κ2) is 3.62. The number of carbonyl (C=O) groups is 1. The van der Waals surface area contributed by atoms with E-state index in [1.54, 1.807) is 0 Å². The van der Waals surface area contributed by atoms with Crippen LogP contribution in [-0.4, -0.2) is 13.0 Å². The Hall–Kier alpha value is -1.29. The van der Waals surface area contributed by atoms with E-state index in [0.717, 1.165) is 6.07 Å². The molecule has 1 aromatic rings. The first-order valence-corrected chi connectivity index (χ1v) is 3.90. The molecule has 0 aromatic heterocycles. The van der Waals surface area contributed by atoms with Crippen molar-refractivity contribution < 1.29 is 9.18 Å². The Labute approximate surface area is 79.7 Å².